The molecule has 0 N–H and O–H groups in total. The molecule has 0 unspecified atom stereocenters. The highest BCUT2D eigenvalue weighted by Gasteiger charge is 2.41. The van der Waals surface area contributed by atoms with Gasteiger partial charge in [-0.15, -0.1) is 0 Å². The Kier molecular flexibility index (Phi) is 3.73. The molecule has 0 aromatic heterocycles. The largest absolute Gasteiger partial charge is 0.419 e. The van der Waals surface area contributed by atoms with Gasteiger partial charge in [-0.25, -0.2) is 0 Å². The van der Waals surface area contributed by atoms with Crippen LogP contribution >= 0.6 is 0 Å². The number of hydrogen-bond acceptors (Lipinski definition) is 1. The van der Waals surface area contributed by atoms with Gasteiger partial charge in [0.05, 0.1) is 0 Å². The second-order valence-corrected chi connectivity index (χ2v) is 2.37. The van der Waals surface area contributed by atoms with Crippen LogP contribution in [0.5, 0.6) is 0 Å². The normalized spacial score (nSPS) is 14.4. The Hall–Kier alpha value is -1.01. The first-order valence-corrected chi connectivity index (χ1v) is 3.48. The molecule has 0 aliphatic heterocycles. The highest BCUT2D eigenvalue weighted by molar-refractivity contribution is 5.96. The van der Waals surface area contributed by atoms with Crippen molar-refractivity contribution in [3.8, 4) is 0 Å². The van der Waals surface area contributed by atoms with Gasteiger partial charge in [0.15, 0.2) is 5.78 Å². The topological polar surface area (TPSA) is 17.1 Å². The van der Waals surface area contributed by atoms with Crippen molar-refractivity contribution in [1.82, 2.24) is 0 Å². The van der Waals surface area contributed by atoms with Crippen molar-refractivity contribution < 1.29 is 31.1 Å². The number of allylic oxidation sites excluding steroid dienone is 2. The van der Waals surface area contributed by atoms with Crippen molar-refractivity contribution in [3.05, 3.63) is 11.6 Å². The van der Waals surface area contributed by atoms with Crippen molar-refractivity contribution in [2.75, 3.05) is 0 Å². The van der Waals surface area contributed by atoms with Crippen molar-refractivity contribution in [1.29, 1.82) is 0 Å². The lowest BCUT2D eigenvalue weighted by molar-refractivity contribution is -0.132. The first-order valence-electron chi connectivity index (χ1n) is 3.48. The smallest absolute Gasteiger partial charge is 0.294 e. The maximum Gasteiger partial charge on any atom is 0.419 e. The Morgan fingerprint density at radius 1 is 1.14 bits per heavy atom. The molecular weight excluding hydrogens is 214 g/mol. The fourth-order valence-corrected chi connectivity index (χ4v) is 0.675. The zero-order valence-electron chi connectivity index (χ0n) is 6.96. The standard InChI is InChI=1S/C7H6F6O/c1-2-5(14)4(7(11,12)13)3-6(8,9)10/h3H,2H2,1H3/b4-3-. The van der Waals surface area contributed by atoms with E-state index < -0.39 is 36.2 Å². The summed E-state index contributed by atoms with van der Waals surface area (Å²) in [4.78, 5) is 10.5. The molecular formula is C7H6F6O. The summed E-state index contributed by atoms with van der Waals surface area (Å²) >= 11 is 0. The molecule has 0 atom stereocenters. The van der Waals surface area contributed by atoms with E-state index in [0.29, 0.717) is 0 Å². The molecule has 0 saturated heterocycles. The summed E-state index contributed by atoms with van der Waals surface area (Å²) in [6.45, 7) is 1.05. The monoisotopic (exact) mass is 220 g/mol. The van der Waals surface area contributed by atoms with Crippen LogP contribution in [0.1, 0.15) is 13.3 Å². The molecule has 0 aliphatic rings. The molecule has 0 radical (unpaired) electrons. The number of ketones is 1. The molecule has 14 heavy (non-hydrogen) atoms. The first-order chi connectivity index (χ1) is 6.08. The summed E-state index contributed by atoms with van der Waals surface area (Å²) in [6.07, 6.45) is -12.0. The van der Waals surface area contributed by atoms with E-state index in [4.69, 9.17) is 0 Å². The van der Waals surface area contributed by atoms with E-state index in [1.807, 2.05) is 0 Å². The molecule has 0 fully saturated rings. The third kappa shape index (κ3) is 4.29. The van der Waals surface area contributed by atoms with Crippen LogP contribution in [-0.4, -0.2) is 18.1 Å². The lowest BCUT2D eigenvalue weighted by atomic mass is 10.1. The van der Waals surface area contributed by atoms with Crippen molar-refractivity contribution in [2.45, 2.75) is 25.7 Å². The van der Waals surface area contributed by atoms with Gasteiger partial charge in [0, 0.05) is 12.5 Å². The van der Waals surface area contributed by atoms with E-state index in [-0.39, 0.29) is 0 Å². The highest BCUT2D eigenvalue weighted by Crippen LogP contribution is 2.31. The number of Topliss-reactive ketones (excluding diaryl/α,β-unsaturated/α-hetero) is 1. The molecule has 0 aliphatic carbocycles. The van der Waals surface area contributed by atoms with Crippen LogP contribution in [0.2, 0.25) is 0 Å². The number of carbonyl (C=O) groups is 1. The first kappa shape index (κ1) is 13.0. The van der Waals surface area contributed by atoms with Gasteiger partial charge in [0.25, 0.3) is 0 Å². The number of rotatable bonds is 2. The maximum absolute atomic E-state index is 11.9. The Balaban J connectivity index is 5.13. The zero-order chi connectivity index (χ0) is 11.6. The Morgan fingerprint density at radius 2 is 1.57 bits per heavy atom. The molecule has 0 amide bonds. The molecule has 0 aromatic carbocycles. The van der Waals surface area contributed by atoms with Gasteiger partial charge >= 0.3 is 12.4 Å². The molecule has 0 heterocycles. The Morgan fingerprint density at radius 3 is 1.79 bits per heavy atom. The van der Waals surface area contributed by atoms with Crippen molar-refractivity contribution >= 4 is 5.78 Å². The van der Waals surface area contributed by atoms with Crippen LogP contribution in [0, 0.1) is 0 Å². The number of halogens is 6. The predicted octanol–water partition coefficient (Wildman–Crippen LogP) is 3.02. The Labute approximate surface area is 75.4 Å². The number of hydrogen-bond donors (Lipinski definition) is 0. The van der Waals surface area contributed by atoms with Crippen molar-refractivity contribution in [2.24, 2.45) is 0 Å². The molecule has 82 valence electrons. The van der Waals surface area contributed by atoms with E-state index in [0.717, 1.165) is 6.92 Å². The highest BCUT2D eigenvalue weighted by atomic mass is 19.4. The quantitative estimate of drug-likeness (QED) is 0.516. The third-order valence-electron chi connectivity index (χ3n) is 1.23. The average molecular weight is 220 g/mol. The van der Waals surface area contributed by atoms with E-state index in [2.05, 4.69) is 0 Å². The summed E-state index contributed by atoms with van der Waals surface area (Å²) in [7, 11) is 0. The van der Waals surface area contributed by atoms with Gasteiger partial charge in [-0.1, -0.05) is 6.92 Å². The van der Waals surface area contributed by atoms with Gasteiger partial charge in [-0.2, -0.15) is 26.3 Å². The summed E-state index contributed by atoms with van der Waals surface area (Å²) < 4.78 is 70.5. The molecule has 0 aromatic rings. The average Bonchev–Trinajstić information content (AvgIpc) is 1.95. The maximum atomic E-state index is 11.9. The van der Waals surface area contributed by atoms with E-state index in [9.17, 15) is 31.1 Å². The summed E-state index contributed by atoms with van der Waals surface area (Å²) in [6, 6.07) is 0. The van der Waals surface area contributed by atoms with Crippen LogP contribution in [0.4, 0.5) is 26.3 Å². The molecule has 0 bridgehead atoms. The summed E-state index contributed by atoms with van der Waals surface area (Å²) in [5.74, 6) is -1.57. The summed E-state index contributed by atoms with van der Waals surface area (Å²) in [5.41, 5.74) is -2.16. The molecule has 1 nitrogen and oxygen atoms in total. The van der Waals surface area contributed by atoms with Gasteiger partial charge < -0.3 is 0 Å². The minimum atomic E-state index is -5.26. The number of carbonyl (C=O) groups excluding carboxylic acids is 1. The van der Waals surface area contributed by atoms with E-state index >= 15 is 0 Å². The lowest BCUT2D eigenvalue weighted by Gasteiger charge is -2.10. The van der Waals surface area contributed by atoms with Gasteiger partial charge in [0.2, 0.25) is 0 Å². The van der Waals surface area contributed by atoms with Gasteiger partial charge in [-0.3, -0.25) is 4.79 Å². The zero-order valence-corrected chi connectivity index (χ0v) is 6.96. The van der Waals surface area contributed by atoms with Gasteiger partial charge in [0.1, 0.15) is 5.57 Å². The minimum Gasteiger partial charge on any atom is -0.294 e. The second-order valence-electron chi connectivity index (χ2n) is 2.37. The van der Waals surface area contributed by atoms with Crippen molar-refractivity contribution in [3.63, 3.8) is 0 Å². The van der Waals surface area contributed by atoms with Gasteiger partial charge in [-0.05, 0) is 0 Å². The van der Waals surface area contributed by atoms with Crippen LogP contribution in [0.25, 0.3) is 0 Å². The van der Waals surface area contributed by atoms with E-state index in [1.165, 1.54) is 0 Å². The third-order valence-corrected chi connectivity index (χ3v) is 1.23. The van der Waals surface area contributed by atoms with Crippen LogP contribution in [0.15, 0.2) is 11.6 Å². The molecule has 0 spiro atoms. The Bertz CT molecular complexity index is 246. The number of alkyl halides is 6. The van der Waals surface area contributed by atoms with Crippen LogP contribution in [-0.2, 0) is 4.79 Å². The van der Waals surface area contributed by atoms with Crippen LogP contribution < -0.4 is 0 Å². The summed E-state index contributed by atoms with van der Waals surface area (Å²) in [5, 5.41) is 0. The fourth-order valence-electron chi connectivity index (χ4n) is 0.675. The SMILES string of the molecule is CCC(=O)/C(=C/C(F)(F)F)C(F)(F)F. The second kappa shape index (κ2) is 4.02. The molecule has 0 rings (SSSR count). The predicted molar refractivity (Wildman–Crippen MR) is 35.5 cm³/mol. The molecule has 7 heteroatoms. The van der Waals surface area contributed by atoms with E-state index in [1.54, 1.807) is 0 Å². The minimum absolute atomic E-state index is 0.624. The fraction of sp³-hybridized carbons (Fsp3) is 0.571. The van der Waals surface area contributed by atoms with Crippen LogP contribution in [0.3, 0.4) is 0 Å². The lowest BCUT2D eigenvalue weighted by Crippen LogP contribution is -2.22. The molecule has 0 saturated carbocycles.